The van der Waals surface area contributed by atoms with E-state index in [1.807, 2.05) is 0 Å². The fraction of sp³-hybridized carbons (Fsp3) is 0.125. The van der Waals surface area contributed by atoms with Gasteiger partial charge in [0.2, 0.25) is 0 Å². The molecular formula is C24H19N3O7. The molecule has 0 saturated carbocycles. The highest BCUT2D eigenvalue weighted by Gasteiger charge is 2.39. The van der Waals surface area contributed by atoms with Gasteiger partial charge in [0, 0.05) is 5.69 Å². The number of rotatable bonds is 5. The molecule has 0 N–H and O–H groups in total. The monoisotopic (exact) mass is 461 g/mol. The number of methoxy groups -OCH3 is 3. The van der Waals surface area contributed by atoms with Crippen LogP contribution in [0.15, 0.2) is 65.5 Å². The second-order valence-electron chi connectivity index (χ2n) is 7.00. The summed E-state index contributed by atoms with van der Waals surface area (Å²) >= 11 is 0. The minimum atomic E-state index is -1.03. The lowest BCUT2D eigenvalue weighted by Crippen LogP contribution is -2.27. The number of aromatic nitrogens is 3. The Hall–Kier alpha value is -4.73. The standard InChI is InChI=1S/C24H19N3O7/c1-32-22(29)16-17(23(30)33-2)19(24(31)34-3)26(14-10-6-4-7-11-14)20-18(16)21(28)27(25-20)15-12-8-5-9-13-15/h4-13H,1-3H3. The van der Waals surface area contributed by atoms with Gasteiger partial charge in [-0.25, -0.2) is 14.4 Å². The molecule has 34 heavy (non-hydrogen) atoms. The Morgan fingerprint density at radius 1 is 0.706 bits per heavy atom. The Morgan fingerprint density at radius 3 is 1.74 bits per heavy atom. The minimum absolute atomic E-state index is 0.0477. The molecule has 2 aliphatic rings. The highest BCUT2D eigenvalue weighted by molar-refractivity contribution is 6.13. The first kappa shape index (κ1) is 22.5. The first-order valence-electron chi connectivity index (χ1n) is 10.0. The topological polar surface area (TPSA) is 119 Å². The van der Waals surface area contributed by atoms with Gasteiger partial charge in [-0.2, -0.15) is 4.68 Å². The van der Waals surface area contributed by atoms with Gasteiger partial charge in [0.1, 0.15) is 16.8 Å². The molecule has 0 bridgehead atoms. The average molecular weight is 461 g/mol. The second kappa shape index (κ2) is 9.02. The Kier molecular flexibility index (Phi) is 5.96. The van der Waals surface area contributed by atoms with Gasteiger partial charge in [-0.3, -0.25) is 9.36 Å². The lowest BCUT2D eigenvalue weighted by Gasteiger charge is -2.21. The quantitative estimate of drug-likeness (QED) is 0.329. The van der Waals surface area contributed by atoms with Gasteiger partial charge in [0.15, 0.2) is 5.82 Å². The van der Waals surface area contributed by atoms with E-state index in [9.17, 15) is 19.2 Å². The Labute approximate surface area is 193 Å². The molecule has 2 heterocycles. The van der Waals surface area contributed by atoms with E-state index in [0.717, 1.165) is 26.0 Å². The number of para-hydroxylation sites is 2. The molecule has 2 aliphatic heterocycles. The summed E-state index contributed by atoms with van der Waals surface area (Å²) in [5, 5.41) is 4.44. The summed E-state index contributed by atoms with van der Waals surface area (Å²) < 4.78 is 17.1. The van der Waals surface area contributed by atoms with Crippen molar-refractivity contribution in [1.29, 1.82) is 0 Å². The van der Waals surface area contributed by atoms with E-state index < -0.39 is 34.6 Å². The van der Waals surface area contributed by atoms with Crippen LogP contribution in [0, 0.1) is 0 Å². The van der Waals surface area contributed by atoms with Gasteiger partial charge >= 0.3 is 17.9 Å². The van der Waals surface area contributed by atoms with Gasteiger partial charge < -0.3 is 14.2 Å². The van der Waals surface area contributed by atoms with Gasteiger partial charge in [-0.1, -0.05) is 36.4 Å². The maximum atomic E-state index is 13.6. The highest BCUT2D eigenvalue weighted by atomic mass is 16.5. The number of ether oxygens (including phenoxy) is 3. The fourth-order valence-electron chi connectivity index (χ4n) is 3.70. The van der Waals surface area contributed by atoms with Crippen LogP contribution in [0.3, 0.4) is 0 Å². The minimum Gasteiger partial charge on any atom is -0.465 e. The summed E-state index contributed by atoms with van der Waals surface area (Å²) in [4.78, 5) is 52.4. The third kappa shape index (κ3) is 3.51. The van der Waals surface area contributed by atoms with Crippen LogP contribution in [-0.4, -0.2) is 53.6 Å². The molecule has 2 aromatic rings. The zero-order valence-electron chi connectivity index (χ0n) is 18.5. The number of hydrogen-bond donors (Lipinski definition) is 0. The van der Waals surface area contributed by atoms with Crippen LogP contribution in [0.5, 0.6) is 0 Å². The summed E-state index contributed by atoms with van der Waals surface area (Å²) in [6.45, 7) is 0. The van der Waals surface area contributed by atoms with Crippen LogP contribution in [0.2, 0.25) is 0 Å². The Morgan fingerprint density at radius 2 is 1.21 bits per heavy atom. The van der Waals surface area contributed by atoms with E-state index in [0.29, 0.717) is 11.4 Å². The molecule has 0 unspecified atom stereocenters. The predicted octanol–water partition coefficient (Wildman–Crippen LogP) is 2.49. The summed E-state index contributed by atoms with van der Waals surface area (Å²) in [5.74, 6) is -3.04. The van der Waals surface area contributed by atoms with Crippen molar-refractivity contribution in [3.8, 4) is 22.8 Å². The molecule has 2 aromatic carbocycles. The van der Waals surface area contributed by atoms with Gasteiger partial charge in [0.05, 0.1) is 32.6 Å². The van der Waals surface area contributed by atoms with Gasteiger partial charge in [-0.05, 0) is 24.3 Å². The van der Waals surface area contributed by atoms with Crippen molar-refractivity contribution in [2.24, 2.45) is 0 Å². The number of pyridine rings is 1. The molecule has 0 atom stereocenters. The van der Waals surface area contributed by atoms with Crippen LogP contribution in [-0.2, 0) is 14.2 Å². The number of nitrogens with zero attached hydrogens (tertiary/aromatic N) is 3. The van der Waals surface area contributed by atoms with Crippen molar-refractivity contribution in [3.05, 3.63) is 87.8 Å². The van der Waals surface area contributed by atoms with Crippen LogP contribution < -0.4 is 5.56 Å². The van der Waals surface area contributed by atoms with Crippen molar-refractivity contribution in [3.63, 3.8) is 0 Å². The third-order valence-corrected chi connectivity index (χ3v) is 5.17. The first-order chi connectivity index (χ1) is 16.4. The van der Waals surface area contributed by atoms with Crippen molar-refractivity contribution < 1.29 is 28.6 Å². The molecule has 172 valence electrons. The third-order valence-electron chi connectivity index (χ3n) is 5.17. The predicted molar refractivity (Wildman–Crippen MR) is 120 cm³/mol. The number of benzene rings is 2. The molecule has 0 fully saturated rings. The lowest BCUT2D eigenvalue weighted by atomic mass is 9.98. The summed E-state index contributed by atoms with van der Waals surface area (Å²) in [7, 11) is 3.31. The van der Waals surface area contributed by atoms with Crippen molar-refractivity contribution in [2.75, 3.05) is 21.3 Å². The van der Waals surface area contributed by atoms with Crippen LogP contribution >= 0.6 is 0 Å². The molecule has 10 heteroatoms. The summed E-state index contributed by atoms with van der Waals surface area (Å²) in [6.07, 6.45) is 0. The fourth-order valence-corrected chi connectivity index (χ4v) is 3.70. The molecular weight excluding hydrogens is 442 g/mol. The van der Waals surface area contributed by atoms with E-state index in [1.165, 1.54) is 4.57 Å². The van der Waals surface area contributed by atoms with Crippen molar-refractivity contribution in [2.45, 2.75) is 0 Å². The molecule has 0 saturated heterocycles. The van der Waals surface area contributed by atoms with E-state index in [1.54, 1.807) is 60.7 Å². The van der Waals surface area contributed by atoms with Crippen molar-refractivity contribution >= 4 is 17.9 Å². The van der Waals surface area contributed by atoms with E-state index >= 15 is 0 Å². The SMILES string of the molecule is COC(=O)c1c(C(=O)OC)c(C(=O)OC)n(-c2ccccc2)c2nn(-c3ccccc3)c(=O)c1-2. The Bertz CT molecular complexity index is 1420. The van der Waals surface area contributed by atoms with Gasteiger partial charge in [-0.15, -0.1) is 5.10 Å². The lowest BCUT2D eigenvalue weighted by molar-refractivity contribution is 0.0529. The normalized spacial score (nSPS) is 10.7. The average Bonchev–Trinajstić information content (AvgIpc) is 3.23. The van der Waals surface area contributed by atoms with Crippen LogP contribution in [0.4, 0.5) is 0 Å². The first-order valence-corrected chi connectivity index (χ1v) is 10.0. The molecule has 0 aromatic heterocycles. The van der Waals surface area contributed by atoms with E-state index in [4.69, 9.17) is 14.2 Å². The maximum Gasteiger partial charge on any atom is 0.356 e. The molecule has 0 radical (unpaired) electrons. The van der Waals surface area contributed by atoms with Crippen molar-refractivity contribution in [1.82, 2.24) is 14.3 Å². The largest absolute Gasteiger partial charge is 0.465 e. The number of esters is 3. The second-order valence-corrected chi connectivity index (χ2v) is 7.00. The molecule has 0 spiro atoms. The van der Waals surface area contributed by atoms with E-state index in [2.05, 4.69) is 5.10 Å². The van der Waals surface area contributed by atoms with Crippen LogP contribution in [0.1, 0.15) is 31.2 Å². The zero-order valence-corrected chi connectivity index (χ0v) is 18.5. The number of carbonyl (C=O) groups is 3. The Balaban J connectivity index is 2.31. The molecule has 4 rings (SSSR count). The molecule has 0 aliphatic carbocycles. The number of hydrogen-bond acceptors (Lipinski definition) is 8. The number of carbonyl (C=O) groups excluding carboxylic acids is 3. The summed E-state index contributed by atoms with van der Waals surface area (Å²) in [6, 6.07) is 17.0. The number of fused-ring (bicyclic) bond motifs is 1. The van der Waals surface area contributed by atoms with E-state index in [-0.39, 0.29) is 17.1 Å². The zero-order chi connectivity index (χ0) is 24.4. The van der Waals surface area contributed by atoms with Crippen LogP contribution in [0.25, 0.3) is 22.8 Å². The molecule has 10 nitrogen and oxygen atoms in total. The molecule has 0 amide bonds. The smallest absolute Gasteiger partial charge is 0.356 e. The van der Waals surface area contributed by atoms with Gasteiger partial charge in [0.25, 0.3) is 5.56 Å². The summed E-state index contributed by atoms with van der Waals surface area (Å²) in [5.41, 5.74) is -1.34. The highest BCUT2D eigenvalue weighted by Crippen LogP contribution is 2.33. The maximum absolute atomic E-state index is 13.6.